The molecule has 1 aliphatic carbocycles. The molecule has 1 saturated carbocycles. The summed E-state index contributed by atoms with van der Waals surface area (Å²) < 4.78 is 2.62. The van der Waals surface area contributed by atoms with Gasteiger partial charge in [0, 0.05) is 12.5 Å². The molecule has 88 valence electrons. The molecule has 0 radical (unpaired) electrons. The minimum absolute atomic E-state index is 0.193. The third-order valence-corrected chi connectivity index (χ3v) is 4.11. The molecule has 2 atom stereocenters. The Morgan fingerprint density at radius 3 is 2.94 bits per heavy atom. The van der Waals surface area contributed by atoms with Crippen LogP contribution in [0.2, 0.25) is 0 Å². The van der Waals surface area contributed by atoms with Crippen LogP contribution < -0.4 is 0 Å². The van der Waals surface area contributed by atoms with E-state index in [1.165, 1.54) is 12.8 Å². The van der Waals surface area contributed by atoms with E-state index in [0.717, 1.165) is 23.1 Å². The van der Waals surface area contributed by atoms with E-state index in [1.807, 2.05) is 6.92 Å². The van der Waals surface area contributed by atoms with Gasteiger partial charge in [-0.1, -0.05) is 13.3 Å². The molecule has 0 N–H and O–H groups in total. The van der Waals surface area contributed by atoms with Crippen LogP contribution in [0.15, 0.2) is 10.7 Å². The van der Waals surface area contributed by atoms with Crippen molar-refractivity contribution in [3.63, 3.8) is 0 Å². The maximum Gasteiger partial charge on any atom is 0.185 e. The molecule has 4 heteroatoms. The largest absolute Gasteiger partial charge is 0.292 e. The van der Waals surface area contributed by atoms with Gasteiger partial charge in [-0.05, 0) is 41.6 Å². The van der Waals surface area contributed by atoms with Crippen molar-refractivity contribution in [3.8, 4) is 0 Å². The minimum Gasteiger partial charge on any atom is -0.292 e. The van der Waals surface area contributed by atoms with Gasteiger partial charge in [0.1, 0.15) is 5.69 Å². The second kappa shape index (κ2) is 4.70. The van der Waals surface area contributed by atoms with Crippen molar-refractivity contribution in [2.45, 2.75) is 39.7 Å². The topological polar surface area (TPSA) is 34.9 Å². The number of Topliss-reactive ketones (excluding diaryl/α,β-unsaturated/α-hetero) is 1. The monoisotopic (exact) mass is 284 g/mol. The highest BCUT2D eigenvalue weighted by Gasteiger charge is 2.33. The van der Waals surface area contributed by atoms with Gasteiger partial charge in [-0.2, -0.15) is 5.10 Å². The number of hydrogen-bond acceptors (Lipinski definition) is 2. The molecule has 0 saturated heterocycles. The Morgan fingerprint density at radius 1 is 1.62 bits per heavy atom. The average Bonchev–Trinajstić information content (AvgIpc) is 2.83. The van der Waals surface area contributed by atoms with Crippen LogP contribution in [-0.4, -0.2) is 15.6 Å². The Balaban J connectivity index is 2.29. The van der Waals surface area contributed by atoms with E-state index in [4.69, 9.17) is 0 Å². The maximum atomic E-state index is 12.4. The van der Waals surface area contributed by atoms with E-state index in [1.54, 1.807) is 10.9 Å². The predicted molar refractivity (Wildman–Crippen MR) is 66.4 cm³/mol. The van der Waals surface area contributed by atoms with Crippen LogP contribution in [0.1, 0.15) is 43.6 Å². The van der Waals surface area contributed by atoms with Crippen LogP contribution in [0.4, 0.5) is 0 Å². The molecule has 2 rings (SSSR count). The standard InChI is InChI=1S/C12H17BrN2O/c1-3-15-11(10(13)7-14-15)12(16)9-6-4-5-8(9)2/h7-9H,3-6H2,1-2H3. The molecule has 16 heavy (non-hydrogen) atoms. The van der Waals surface area contributed by atoms with Crippen molar-refractivity contribution in [3.05, 3.63) is 16.4 Å². The van der Waals surface area contributed by atoms with Gasteiger partial charge in [-0.15, -0.1) is 0 Å². The Labute approximate surface area is 104 Å². The van der Waals surface area contributed by atoms with Crippen molar-refractivity contribution >= 4 is 21.7 Å². The molecule has 0 bridgehead atoms. The molecule has 1 fully saturated rings. The Morgan fingerprint density at radius 2 is 2.38 bits per heavy atom. The van der Waals surface area contributed by atoms with Gasteiger partial charge in [0.05, 0.1) is 10.7 Å². The zero-order valence-corrected chi connectivity index (χ0v) is 11.3. The maximum absolute atomic E-state index is 12.4. The van der Waals surface area contributed by atoms with Crippen molar-refractivity contribution in [2.24, 2.45) is 11.8 Å². The van der Waals surface area contributed by atoms with Crippen LogP contribution in [0.5, 0.6) is 0 Å². The summed E-state index contributed by atoms with van der Waals surface area (Å²) in [6, 6.07) is 0. The number of aryl methyl sites for hydroxylation is 1. The molecule has 0 spiro atoms. The van der Waals surface area contributed by atoms with Crippen LogP contribution in [0.3, 0.4) is 0 Å². The summed E-state index contributed by atoms with van der Waals surface area (Å²) in [6.45, 7) is 4.93. The summed E-state index contributed by atoms with van der Waals surface area (Å²) in [7, 11) is 0. The molecular formula is C12H17BrN2O. The van der Waals surface area contributed by atoms with E-state index >= 15 is 0 Å². The molecule has 1 aromatic heterocycles. The zero-order chi connectivity index (χ0) is 11.7. The summed E-state index contributed by atoms with van der Waals surface area (Å²) in [5.74, 6) is 0.967. The molecule has 2 unspecified atom stereocenters. The SMILES string of the molecule is CCn1ncc(Br)c1C(=O)C1CCCC1C. The van der Waals surface area contributed by atoms with Gasteiger partial charge in [0.2, 0.25) is 0 Å². The fourth-order valence-electron chi connectivity index (χ4n) is 2.56. The van der Waals surface area contributed by atoms with Gasteiger partial charge < -0.3 is 0 Å². The lowest BCUT2D eigenvalue weighted by Crippen LogP contribution is -2.21. The summed E-state index contributed by atoms with van der Waals surface area (Å²) in [4.78, 5) is 12.4. The van der Waals surface area contributed by atoms with E-state index in [0.29, 0.717) is 5.92 Å². The van der Waals surface area contributed by atoms with Crippen LogP contribution >= 0.6 is 15.9 Å². The third-order valence-electron chi connectivity index (χ3n) is 3.53. The van der Waals surface area contributed by atoms with Crippen LogP contribution in [0.25, 0.3) is 0 Å². The van der Waals surface area contributed by atoms with Crippen LogP contribution in [0, 0.1) is 11.8 Å². The van der Waals surface area contributed by atoms with Gasteiger partial charge >= 0.3 is 0 Å². The molecule has 1 aliphatic rings. The second-order valence-corrected chi connectivity index (χ2v) is 5.39. The first-order valence-corrected chi connectivity index (χ1v) is 6.70. The highest BCUT2D eigenvalue weighted by atomic mass is 79.9. The van der Waals surface area contributed by atoms with Gasteiger partial charge in [-0.3, -0.25) is 9.48 Å². The van der Waals surface area contributed by atoms with Crippen molar-refractivity contribution < 1.29 is 4.79 Å². The van der Waals surface area contributed by atoms with E-state index in [9.17, 15) is 4.79 Å². The molecule has 0 aromatic carbocycles. The summed E-state index contributed by atoms with van der Waals surface area (Å²) in [6.07, 6.45) is 5.10. The quantitative estimate of drug-likeness (QED) is 0.799. The Kier molecular flexibility index (Phi) is 3.47. The molecule has 1 heterocycles. The van der Waals surface area contributed by atoms with Crippen LogP contribution in [-0.2, 0) is 6.54 Å². The minimum atomic E-state index is 0.193. The first-order valence-electron chi connectivity index (χ1n) is 5.90. The third kappa shape index (κ3) is 1.95. The summed E-state index contributed by atoms with van der Waals surface area (Å²) >= 11 is 3.42. The average molecular weight is 285 g/mol. The first kappa shape index (κ1) is 11.8. The molecule has 0 amide bonds. The predicted octanol–water partition coefficient (Wildman–Crippen LogP) is 3.28. The first-order chi connectivity index (χ1) is 7.65. The van der Waals surface area contributed by atoms with Gasteiger partial charge in [0.25, 0.3) is 0 Å². The fourth-order valence-corrected chi connectivity index (χ4v) is 3.05. The molecule has 0 aliphatic heterocycles. The lowest BCUT2D eigenvalue weighted by molar-refractivity contribution is 0.0885. The number of rotatable bonds is 3. The Hall–Kier alpha value is -0.640. The summed E-state index contributed by atoms with van der Waals surface area (Å²) in [5, 5.41) is 4.20. The van der Waals surface area contributed by atoms with E-state index in [2.05, 4.69) is 28.0 Å². The summed E-state index contributed by atoms with van der Waals surface area (Å²) in [5.41, 5.74) is 0.751. The number of hydrogen-bond donors (Lipinski definition) is 0. The lowest BCUT2D eigenvalue weighted by atomic mass is 9.92. The Bertz CT molecular complexity index is 400. The zero-order valence-electron chi connectivity index (χ0n) is 9.74. The van der Waals surface area contributed by atoms with Gasteiger partial charge in [0.15, 0.2) is 5.78 Å². The second-order valence-electron chi connectivity index (χ2n) is 4.54. The number of aromatic nitrogens is 2. The smallest absolute Gasteiger partial charge is 0.185 e. The lowest BCUT2D eigenvalue weighted by Gasteiger charge is -2.14. The van der Waals surface area contributed by atoms with E-state index in [-0.39, 0.29) is 11.7 Å². The molecule has 1 aromatic rings. The fraction of sp³-hybridized carbons (Fsp3) is 0.667. The number of halogens is 1. The van der Waals surface area contributed by atoms with Crippen molar-refractivity contribution in [1.29, 1.82) is 0 Å². The molecule has 3 nitrogen and oxygen atoms in total. The highest BCUT2D eigenvalue weighted by molar-refractivity contribution is 9.10. The number of ketones is 1. The van der Waals surface area contributed by atoms with Crippen molar-refractivity contribution in [1.82, 2.24) is 9.78 Å². The van der Waals surface area contributed by atoms with Crippen molar-refractivity contribution in [2.75, 3.05) is 0 Å². The number of carbonyl (C=O) groups is 1. The number of nitrogens with zero attached hydrogens (tertiary/aromatic N) is 2. The van der Waals surface area contributed by atoms with Gasteiger partial charge in [-0.25, -0.2) is 0 Å². The molecular weight excluding hydrogens is 268 g/mol. The highest BCUT2D eigenvalue weighted by Crippen LogP contribution is 2.35. The normalized spacial score (nSPS) is 24.9. The van der Waals surface area contributed by atoms with E-state index < -0.39 is 0 Å². The number of carbonyl (C=O) groups excluding carboxylic acids is 1.